The van der Waals surface area contributed by atoms with E-state index in [-0.39, 0.29) is 0 Å². The molecular weight excluding hydrogens is 236 g/mol. The van der Waals surface area contributed by atoms with Crippen molar-refractivity contribution in [3.05, 3.63) is 29.8 Å². The van der Waals surface area contributed by atoms with Crippen molar-refractivity contribution in [2.75, 3.05) is 24.6 Å². The standard InChI is InChI=1S/C16H24N2O/c1-2-15-12-18(9-10-19-15)16-6-4-3-5-13(16)11-17-14-7-8-14/h3-6,14-15,17H,2,7-12H2,1H3. The Morgan fingerprint density at radius 3 is 2.95 bits per heavy atom. The van der Waals surface area contributed by atoms with E-state index >= 15 is 0 Å². The summed E-state index contributed by atoms with van der Waals surface area (Å²) >= 11 is 0. The third-order valence-electron chi connectivity index (χ3n) is 4.08. The molecule has 1 aliphatic carbocycles. The molecule has 1 saturated heterocycles. The second kappa shape index (κ2) is 5.93. The SMILES string of the molecule is CCC1CN(c2ccccc2CNC2CC2)CCO1. The van der Waals surface area contributed by atoms with Crippen molar-refractivity contribution in [2.24, 2.45) is 0 Å². The fourth-order valence-electron chi connectivity index (χ4n) is 2.70. The summed E-state index contributed by atoms with van der Waals surface area (Å²) in [7, 11) is 0. The Labute approximate surface area is 115 Å². The van der Waals surface area contributed by atoms with E-state index in [0.29, 0.717) is 6.10 Å². The van der Waals surface area contributed by atoms with Crippen LogP contribution in [0.25, 0.3) is 0 Å². The van der Waals surface area contributed by atoms with E-state index in [0.717, 1.165) is 38.7 Å². The molecule has 3 heteroatoms. The summed E-state index contributed by atoms with van der Waals surface area (Å²) in [5.41, 5.74) is 2.81. The summed E-state index contributed by atoms with van der Waals surface area (Å²) in [5, 5.41) is 3.62. The van der Waals surface area contributed by atoms with Crippen LogP contribution in [0, 0.1) is 0 Å². The van der Waals surface area contributed by atoms with E-state index in [1.165, 1.54) is 24.1 Å². The number of nitrogens with one attached hydrogen (secondary N) is 1. The summed E-state index contributed by atoms with van der Waals surface area (Å²) in [4.78, 5) is 2.49. The zero-order valence-corrected chi connectivity index (χ0v) is 11.8. The Hall–Kier alpha value is -1.06. The molecule has 2 fully saturated rings. The molecule has 0 aromatic heterocycles. The summed E-state index contributed by atoms with van der Waals surface area (Å²) in [6, 6.07) is 9.56. The highest BCUT2D eigenvalue weighted by atomic mass is 16.5. The first-order valence-electron chi connectivity index (χ1n) is 7.54. The minimum atomic E-state index is 0.387. The van der Waals surface area contributed by atoms with Crippen LogP contribution in [-0.4, -0.2) is 31.8 Å². The Morgan fingerprint density at radius 1 is 1.32 bits per heavy atom. The highest BCUT2D eigenvalue weighted by Gasteiger charge is 2.23. The number of nitrogens with zero attached hydrogens (tertiary/aromatic N) is 1. The highest BCUT2D eigenvalue weighted by molar-refractivity contribution is 5.54. The number of hydrogen-bond donors (Lipinski definition) is 1. The second-order valence-corrected chi connectivity index (χ2v) is 5.63. The molecule has 1 aliphatic heterocycles. The van der Waals surface area contributed by atoms with E-state index in [2.05, 4.69) is 41.4 Å². The maximum Gasteiger partial charge on any atom is 0.0748 e. The Kier molecular flexibility index (Phi) is 4.04. The van der Waals surface area contributed by atoms with Gasteiger partial charge >= 0.3 is 0 Å². The Morgan fingerprint density at radius 2 is 2.16 bits per heavy atom. The van der Waals surface area contributed by atoms with E-state index in [4.69, 9.17) is 4.74 Å². The number of anilines is 1. The maximum atomic E-state index is 5.77. The van der Waals surface area contributed by atoms with Gasteiger partial charge in [0.15, 0.2) is 0 Å². The van der Waals surface area contributed by atoms with Gasteiger partial charge in [-0.05, 0) is 30.9 Å². The number of ether oxygens (including phenoxy) is 1. The molecule has 0 radical (unpaired) electrons. The Balaban J connectivity index is 1.70. The molecule has 19 heavy (non-hydrogen) atoms. The van der Waals surface area contributed by atoms with Crippen molar-refractivity contribution in [1.82, 2.24) is 5.32 Å². The second-order valence-electron chi connectivity index (χ2n) is 5.63. The van der Waals surface area contributed by atoms with Crippen molar-refractivity contribution in [2.45, 2.75) is 44.9 Å². The van der Waals surface area contributed by atoms with Gasteiger partial charge in [-0.3, -0.25) is 0 Å². The predicted molar refractivity (Wildman–Crippen MR) is 78.5 cm³/mol. The van der Waals surface area contributed by atoms with Gasteiger partial charge in [-0.15, -0.1) is 0 Å². The number of rotatable bonds is 5. The van der Waals surface area contributed by atoms with E-state index in [9.17, 15) is 0 Å². The molecule has 2 aliphatic rings. The zero-order valence-electron chi connectivity index (χ0n) is 11.8. The van der Waals surface area contributed by atoms with Crippen LogP contribution in [0.2, 0.25) is 0 Å². The van der Waals surface area contributed by atoms with E-state index in [1.807, 2.05) is 0 Å². The largest absolute Gasteiger partial charge is 0.375 e. The first kappa shape index (κ1) is 12.9. The van der Waals surface area contributed by atoms with Gasteiger partial charge < -0.3 is 15.0 Å². The molecule has 1 saturated carbocycles. The van der Waals surface area contributed by atoms with Crippen LogP contribution < -0.4 is 10.2 Å². The van der Waals surface area contributed by atoms with Gasteiger partial charge in [0.1, 0.15) is 0 Å². The average Bonchev–Trinajstić information content (AvgIpc) is 3.30. The molecule has 1 aromatic carbocycles. The lowest BCUT2D eigenvalue weighted by Crippen LogP contribution is -2.42. The first-order valence-corrected chi connectivity index (χ1v) is 7.54. The van der Waals surface area contributed by atoms with Gasteiger partial charge in [0.2, 0.25) is 0 Å². The normalized spacial score (nSPS) is 23.6. The van der Waals surface area contributed by atoms with Crippen molar-refractivity contribution >= 4 is 5.69 Å². The van der Waals surface area contributed by atoms with Gasteiger partial charge in [-0.2, -0.15) is 0 Å². The highest BCUT2D eigenvalue weighted by Crippen LogP contribution is 2.25. The molecule has 1 atom stereocenters. The fraction of sp³-hybridized carbons (Fsp3) is 0.625. The van der Waals surface area contributed by atoms with Crippen LogP contribution in [0.5, 0.6) is 0 Å². The Bertz CT molecular complexity index is 417. The molecule has 104 valence electrons. The van der Waals surface area contributed by atoms with Crippen molar-refractivity contribution < 1.29 is 4.74 Å². The van der Waals surface area contributed by atoms with Gasteiger partial charge in [0.25, 0.3) is 0 Å². The van der Waals surface area contributed by atoms with E-state index in [1.54, 1.807) is 0 Å². The number of para-hydroxylation sites is 1. The minimum absolute atomic E-state index is 0.387. The lowest BCUT2D eigenvalue weighted by atomic mass is 10.1. The van der Waals surface area contributed by atoms with Crippen LogP contribution in [0.15, 0.2) is 24.3 Å². The molecular formula is C16H24N2O. The molecule has 0 spiro atoms. The van der Waals surface area contributed by atoms with Crippen LogP contribution in [0.3, 0.4) is 0 Å². The molecule has 0 bridgehead atoms. The van der Waals surface area contributed by atoms with Gasteiger partial charge in [-0.1, -0.05) is 25.1 Å². The lowest BCUT2D eigenvalue weighted by molar-refractivity contribution is 0.0384. The topological polar surface area (TPSA) is 24.5 Å². The summed E-state index contributed by atoms with van der Waals surface area (Å²) in [5.74, 6) is 0. The monoisotopic (exact) mass is 260 g/mol. The summed E-state index contributed by atoms with van der Waals surface area (Å²) in [6.07, 6.45) is 4.17. The van der Waals surface area contributed by atoms with Crippen molar-refractivity contribution in [1.29, 1.82) is 0 Å². The fourth-order valence-corrected chi connectivity index (χ4v) is 2.70. The van der Waals surface area contributed by atoms with Crippen molar-refractivity contribution in [3.63, 3.8) is 0 Å². The zero-order chi connectivity index (χ0) is 13.1. The molecule has 1 heterocycles. The maximum absolute atomic E-state index is 5.77. The van der Waals surface area contributed by atoms with Gasteiger partial charge in [0.05, 0.1) is 12.7 Å². The molecule has 3 nitrogen and oxygen atoms in total. The van der Waals surface area contributed by atoms with Gasteiger partial charge in [-0.25, -0.2) is 0 Å². The quantitative estimate of drug-likeness (QED) is 0.880. The third-order valence-corrected chi connectivity index (χ3v) is 4.08. The third kappa shape index (κ3) is 3.28. The number of hydrogen-bond acceptors (Lipinski definition) is 3. The predicted octanol–water partition coefficient (Wildman–Crippen LogP) is 2.55. The van der Waals surface area contributed by atoms with Crippen LogP contribution in [0.1, 0.15) is 31.7 Å². The average molecular weight is 260 g/mol. The van der Waals surface area contributed by atoms with E-state index < -0.39 is 0 Å². The van der Waals surface area contributed by atoms with Crippen LogP contribution in [0.4, 0.5) is 5.69 Å². The molecule has 1 N–H and O–H groups in total. The lowest BCUT2D eigenvalue weighted by Gasteiger charge is -2.35. The van der Waals surface area contributed by atoms with Crippen LogP contribution >= 0.6 is 0 Å². The first-order chi connectivity index (χ1) is 9.36. The van der Waals surface area contributed by atoms with Crippen LogP contribution in [-0.2, 0) is 11.3 Å². The van der Waals surface area contributed by atoms with Gasteiger partial charge in [0, 0.05) is 31.4 Å². The molecule has 1 unspecified atom stereocenters. The molecule has 1 aromatic rings. The summed E-state index contributed by atoms with van der Waals surface area (Å²) < 4.78 is 5.77. The molecule has 0 amide bonds. The minimum Gasteiger partial charge on any atom is -0.375 e. The molecule has 3 rings (SSSR count). The number of morpholine rings is 1. The smallest absolute Gasteiger partial charge is 0.0748 e. The summed E-state index contributed by atoms with van der Waals surface area (Å²) in [6.45, 7) is 6.08. The van der Waals surface area contributed by atoms with Crippen molar-refractivity contribution in [3.8, 4) is 0 Å². The number of benzene rings is 1.